The Bertz CT molecular complexity index is 1530. The lowest BCUT2D eigenvalue weighted by Crippen LogP contribution is -2.52. The second-order valence-corrected chi connectivity index (χ2v) is 12.7. The first-order valence-electron chi connectivity index (χ1n) is 15.2. The van der Waals surface area contributed by atoms with Crippen LogP contribution < -0.4 is 25.6 Å². The molecule has 0 unspecified atom stereocenters. The summed E-state index contributed by atoms with van der Waals surface area (Å²) in [6.07, 6.45) is 3.49. The third-order valence-electron chi connectivity index (χ3n) is 8.32. The number of carbonyl (C=O) groups excluding carboxylic acids is 4. The number of amides is 4. The van der Waals surface area contributed by atoms with Crippen LogP contribution in [0, 0.1) is 11.3 Å². The molecule has 2 fully saturated rings. The molecule has 0 aliphatic carbocycles. The van der Waals surface area contributed by atoms with Gasteiger partial charge in [0, 0.05) is 52.1 Å². The van der Waals surface area contributed by atoms with Crippen molar-refractivity contribution in [2.75, 3.05) is 43.4 Å². The van der Waals surface area contributed by atoms with Crippen molar-refractivity contribution in [1.29, 1.82) is 5.26 Å². The lowest BCUT2D eigenvalue weighted by atomic mass is 9.82. The van der Waals surface area contributed by atoms with Crippen LogP contribution in [0.15, 0.2) is 30.5 Å². The number of ether oxygens (including phenoxy) is 2. The first-order chi connectivity index (χ1) is 21.4. The molecule has 3 aliphatic rings. The summed E-state index contributed by atoms with van der Waals surface area (Å²) in [7, 11) is 1.49. The van der Waals surface area contributed by atoms with E-state index < -0.39 is 23.3 Å². The number of likely N-dealkylation sites (tertiary alicyclic amines) is 1. The molecule has 13 heteroatoms. The molecule has 1 aromatic carbocycles. The van der Waals surface area contributed by atoms with Crippen LogP contribution >= 0.6 is 0 Å². The topological polar surface area (TPSA) is 166 Å². The predicted molar refractivity (Wildman–Crippen MR) is 166 cm³/mol. The number of hydrogen-bond acceptors (Lipinski definition) is 9. The van der Waals surface area contributed by atoms with E-state index in [0.29, 0.717) is 80.1 Å². The fourth-order valence-corrected chi connectivity index (χ4v) is 5.94. The maximum absolute atomic E-state index is 13.9. The van der Waals surface area contributed by atoms with Crippen LogP contribution in [0.1, 0.15) is 79.2 Å². The summed E-state index contributed by atoms with van der Waals surface area (Å²) >= 11 is 0. The van der Waals surface area contributed by atoms with Gasteiger partial charge in [-0.1, -0.05) is 0 Å². The molecule has 3 N–H and O–H groups in total. The molecule has 238 valence electrons. The van der Waals surface area contributed by atoms with Crippen molar-refractivity contribution in [3.8, 4) is 11.8 Å². The van der Waals surface area contributed by atoms with Crippen molar-refractivity contribution >= 4 is 35.3 Å². The zero-order chi connectivity index (χ0) is 32.4. The minimum Gasteiger partial charge on any atom is -0.486 e. The summed E-state index contributed by atoms with van der Waals surface area (Å²) < 4.78 is 11.7. The van der Waals surface area contributed by atoms with E-state index in [4.69, 9.17) is 9.47 Å². The smallest absolute Gasteiger partial charge is 0.407 e. The lowest BCUT2D eigenvalue weighted by molar-refractivity contribution is -0.00571. The van der Waals surface area contributed by atoms with Gasteiger partial charge in [0.15, 0.2) is 5.78 Å². The zero-order valence-electron chi connectivity index (χ0n) is 26.1. The first kappa shape index (κ1) is 31.6. The molecule has 5 rings (SSSR count). The number of aromatic nitrogens is 1. The number of urea groups is 1. The van der Waals surface area contributed by atoms with Gasteiger partial charge in [-0.15, -0.1) is 0 Å². The molecule has 0 radical (unpaired) electrons. The van der Waals surface area contributed by atoms with Gasteiger partial charge in [-0.05, 0) is 57.9 Å². The van der Waals surface area contributed by atoms with Crippen molar-refractivity contribution in [3.63, 3.8) is 0 Å². The number of benzene rings is 1. The molecular weight excluding hydrogens is 578 g/mol. The second-order valence-electron chi connectivity index (χ2n) is 12.7. The molecule has 4 heterocycles. The highest BCUT2D eigenvalue weighted by Crippen LogP contribution is 2.40. The Morgan fingerprint density at radius 2 is 1.82 bits per heavy atom. The number of ketones is 1. The van der Waals surface area contributed by atoms with Crippen LogP contribution in [-0.4, -0.2) is 84.2 Å². The minimum atomic E-state index is -0.723. The maximum Gasteiger partial charge on any atom is 0.407 e. The minimum absolute atomic E-state index is 0.0405. The Hall–Kier alpha value is -4.86. The number of nitrogens with zero attached hydrogens (tertiary/aromatic N) is 4. The number of alkyl carbamates (subject to hydrolysis) is 1. The monoisotopic (exact) mass is 617 g/mol. The summed E-state index contributed by atoms with van der Waals surface area (Å²) in [5, 5.41) is 17.3. The summed E-state index contributed by atoms with van der Waals surface area (Å²) in [5.74, 6) is 0.724. The van der Waals surface area contributed by atoms with Crippen LogP contribution in [0.25, 0.3) is 0 Å². The Morgan fingerprint density at radius 3 is 2.47 bits per heavy atom. The number of Topliss-reactive ketones (excluding diaryl/α,β-unsaturated/α-hetero) is 1. The van der Waals surface area contributed by atoms with Gasteiger partial charge in [0.2, 0.25) is 0 Å². The van der Waals surface area contributed by atoms with Gasteiger partial charge in [0.05, 0.1) is 41.1 Å². The van der Waals surface area contributed by atoms with E-state index in [9.17, 15) is 24.4 Å². The Morgan fingerprint density at radius 1 is 1.11 bits per heavy atom. The molecule has 45 heavy (non-hydrogen) atoms. The van der Waals surface area contributed by atoms with Gasteiger partial charge >= 0.3 is 12.1 Å². The summed E-state index contributed by atoms with van der Waals surface area (Å²) in [6, 6.07) is 8.09. The van der Waals surface area contributed by atoms with Crippen molar-refractivity contribution in [2.45, 2.75) is 70.1 Å². The number of hydrogen-bond donors (Lipinski definition) is 3. The van der Waals surface area contributed by atoms with Crippen molar-refractivity contribution in [1.82, 2.24) is 20.5 Å². The molecule has 0 atom stereocenters. The number of carbonyl (C=O) groups is 4. The SMILES string of the molecule is CNC(=O)Nc1cnc(N2CCC(NC(=O)OC(C)(C)C)CC2)cc1C(=O)N1CCC2(CC1)CC(=O)c1cc(C#N)ccc1O2. The van der Waals surface area contributed by atoms with Crippen molar-refractivity contribution in [2.24, 2.45) is 0 Å². The number of anilines is 2. The highest BCUT2D eigenvalue weighted by molar-refractivity contribution is 6.04. The summed E-state index contributed by atoms with van der Waals surface area (Å²) in [6.45, 7) is 7.40. The van der Waals surface area contributed by atoms with E-state index in [1.165, 1.54) is 13.2 Å². The fraction of sp³-hybridized carbons (Fsp3) is 0.500. The molecule has 1 spiro atoms. The molecule has 2 saturated heterocycles. The Balaban J connectivity index is 1.27. The Labute approximate surface area is 262 Å². The molecular formula is C32H39N7O6. The maximum atomic E-state index is 13.9. The van der Waals surface area contributed by atoms with Crippen LogP contribution in [0.5, 0.6) is 5.75 Å². The van der Waals surface area contributed by atoms with E-state index in [-0.39, 0.29) is 29.8 Å². The van der Waals surface area contributed by atoms with Gasteiger partial charge in [-0.2, -0.15) is 5.26 Å². The van der Waals surface area contributed by atoms with E-state index in [1.54, 1.807) is 29.2 Å². The average molecular weight is 618 g/mol. The molecule has 3 aliphatic heterocycles. The third-order valence-corrected chi connectivity index (χ3v) is 8.32. The molecule has 2 aromatic rings. The van der Waals surface area contributed by atoms with E-state index in [2.05, 4.69) is 31.9 Å². The number of nitrogens with one attached hydrogen (secondary N) is 3. The van der Waals surface area contributed by atoms with E-state index in [0.717, 1.165) is 0 Å². The molecule has 4 amide bonds. The van der Waals surface area contributed by atoms with Gasteiger partial charge in [-0.3, -0.25) is 9.59 Å². The first-order valence-corrected chi connectivity index (χ1v) is 15.2. The number of pyridine rings is 1. The number of fused-ring (bicyclic) bond motifs is 1. The largest absolute Gasteiger partial charge is 0.486 e. The summed E-state index contributed by atoms with van der Waals surface area (Å²) in [5.41, 5.74) is 0.116. The third kappa shape index (κ3) is 7.28. The van der Waals surface area contributed by atoms with Gasteiger partial charge in [0.1, 0.15) is 22.8 Å². The van der Waals surface area contributed by atoms with Crippen molar-refractivity contribution < 1.29 is 28.7 Å². The van der Waals surface area contributed by atoms with E-state index in [1.807, 2.05) is 20.8 Å². The highest BCUT2D eigenvalue weighted by Gasteiger charge is 2.44. The lowest BCUT2D eigenvalue weighted by Gasteiger charge is -2.44. The predicted octanol–water partition coefficient (Wildman–Crippen LogP) is 3.84. The van der Waals surface area contributed by atoms with Gasteiger partial charge < -0.3 is 35.2 Å². The van der Waals surface area contributed by atoms with E-state index >= 15 is 0 Å². The number of piperidine rings is 2. The molecule has 1 aromatic heterocycles. The Kier molecular flexibility index (Phi) is 8.86. The number of nitriles is 1. The molecule has 13 nitrogen and oxygen atoms in total. The van der Waals surface area contributed by atoms with Crippen LogP contribution in [0.4, 0.5) is 21.1 Å². The van der Waals surface area contributed by atoms with Gasteiger partial charge in [0.25, 0.3) is 5.91 Å². The van der Waals surface area contributed by atoms with Gasteiger partial charge in [-0.25, -0.2) is 14.6 Å². The highest BCUT2D eigenvalue weighted by atomic mass is 16.6. The molecule has 0 bridgehead atoms. The normalized spacial score (nSPS) is 17.9. The zero-order valence-corrected chi connectivity index (χ0v) is 26.1. The molecule has 0 saturated carbocycles. The number of rotatable bonds is 4. The second kappa shape index (κ2) is 12.6. The summed E-state index contributed by atoms with van der Waals surface area (Å²) in [4.78, 5) is 59.7. The van der Waals surface area contributed by atoms with Crippen LogP contribution in [0.3, 0.4) is 0 Å². The average Bonchev–Trinajstić information content (AvgIpc) is 3.00. The van der Waals surface area contributed by atoms with Crippen LogP contribution in [-0.2, 0) is 4.74 Å². The standard InChI is InChI=1S/C32H39N7O6/c1-31(2,3)45-30(43)36-21-7-11-38(12-8-21)27-16-22(24(19-35-27)37-29(42)34-4)28(41)39-13-9-32(10-14-39)17-25(40)23-15-20(18-33)5-6-26(23)44-32/h5-6,15-16,19,21H,7-14,17H2,1-4H3,(H,36,43)(H2,34,37,42). The van der Waals surface area contributed by atoms with Crippen LogP contribution in [0.2, 0.25) is 0 Å². The van der Waals surface area contributed by atoms with Crippen molar-refractivity contribution in [3.05, 3.63) is 47.2 Å². The quantitative estimate of drug-likeness (QED) is 0.462. The fourth-order valence-electron chi connectivity index (χ4n) is 5.94.